The average Bonchev–Trinajstić information content (AvgIpc) is 3.31. The van der Waals surface area contributed by atoms with Crippen LogP contribution in [-0.2, 0) is 0 Å². The van der Waals surface area contributed by atoms with Gasteiger partial charge in [0.05, 0.1) is 6.20 Å². The minimum atomic E-state index is -0.481. The van der Waals surface area contributed by atoms with Crippen molar-refractivity contribution in [3.8, 4) is 22.9 Å². The van der Waals surface area contributed by atoms with E-state index in [1.54, 1.807) is 12.3 Å². The maximum atomic E-state index is 14.6. The topological polar surface area (TPSA) is 70.3 Å². The monoisotopic (exact) mass is 444 g/mol. The van der Waals surface area contributed by atoms with E-state index in [0.29, 0.717) is 17.5 Å². The molecule has 0 radical (unpaired) electrons. The third-order valence-electron chi connectivity index (χ3n) is 5.74. The molecule has 33 heavy (non-hydrogen) atoms. The molecular formula is C25H25FN6O. The third-order valence-corrected chi connectivity index (χ3v) is 5.74. The first-order chi connectivity index (χ1) is 16.0. The standard InChI is InChI=1S/C25H25FN6O/c1-17-9-10-27-23(15-17)29-22-8-7-20(26)24(30-22)21-16-28-25(33-21)18-3-5-19(6-4-18)32-13-11-31(2)12-14-32/h3-10,15-16H,11-14H2,1-2H3,(H,27,29,30). The zero-order chi connectivity index (χ0) is 22.8. The first-order valence-corrected chi connectivity index (χ1v) is 10.9. The number of piperazine rings is 1. The van der Waals surface area contributed by atoms with Crippen LogP contribution in [0.25, 0.3) is 22.9 Å². The highest BCUT2D eigenvalue weighted by atomic mass is 19.1. The maximum absolute atomic E-state index is 14.6. The van der Waals surface area contributed by atoms with E-state index >= 15 is 0 Å². The van der Waals surface area contributed by atoms with Crippen molar-refractivity contribution in [2.75, 3.05) is 43.4 Å². The van der Waals surface area contributed by atoms with Crippen LogP contribution in [0.1, 0.15) is 5.56 Å². The van der Waals surface area contributed by atoms with Crippen LogP contribution in [-0.4, -0.2) is 53.1 Å². The number of likely N-dealkylation sites (N-methyl/N-ethyl adjacent to an activating group) is 1. The van der Waals surface area contributed by atoms with Crippen LogP contribution in [0.3, 0.4) is 0 Å². The van der Waals surface area contributed by atoms with Crippen molar-refractivity contribution in [1.29, 1.82) is 0 Å². The van der Waals surface area contributed by atoms with Gasteiger partial charge in [-0.25, -0.2) is 19.3 Å². The minimum absolute atomic E-state index is 0.0976. The lowest BCUT2D eigenvalue weighted by atomic mass is 10.2. The predicted octanol–water partition coefficient (Wildman–Crippen LogP) is 4.74. The summed E-state index contributed by atoms with van der Waals surface area (Å²) in [5.74, 6) is 1.32. The second kappa shape index (κ2) is 8.99. The van der Waals surface area contributed by atoms with Crippen LogP contribution in [0, 0.1) is 12.7 Å². The van der Waals surface area contributed by atoms with Gasteiger partial charge in [-0.15, -0.1) is 0 Å². The Morgan fingerprint density at radius 2 is 1.73 bits per heavy atom. The summed E-state index contributed by atoms with van der Waals surface area (Å²) in [6, 6.07) is 14.8. The number of hydrogen-bond acceptors (Lipinski definition) is 7. The fourth-order valence-electron chi connectivity index (χ4n) is 3.82. The molecule has 0 spiro atoms. The Morgan fingerprint density at radius 3 is 2.48 bits per heavy atom. The predicted molar refractivity (Wildman–Crippen MR) is 127 cm³/mol. The summed E-state index contributed by atoms with van der Waals surface area (Å²) in [5.41, 5.74) is 3.17. The Morgan fingerprint density at radius 1 is 0.939 bits per heavy atom. The Kier molecular flexibility index (Phi) is 5.75. The van der Waals surface area contributed by atoms with Gasteiger partial charge in [0.2, 0.25) is 5.89 Å². The second-order valence-corrected chi connectivity index (χ2v) is 8.24. The normalized spacial score (nSPS) is 14.5. The maximum Gasteiger partial charge on any atom is 0.226 e. The molecule has 8 heteroatoms. The molecule has 4 aromatic rings. The molecule has 0 amide bonds. The molecule has 1 aromatic carbocycles. The van der Waals surface area contributed by atoms with Crippen LogP contribution < -0.4 is 10.2 Å². The summed E-state index contributed by atoms with van der Waals surface area (Å²) in [6.45, 7) is 6.09. The molecule has 1 fully saturated rings. The van der Waals surface area contributed by atoms with Crippen molar-refractivity contribution in [2.45, 2.75) is 6.92 Å². The van der Waals surface area contributed by atoms with Crippen molar-refractivity contribution in [3.63, 3.8) is 0 Å². The minimum Gasteiger partial charge on any atom is -0.434 e. The number of aryl methyl sites for hydroxylation is 1. The number of aromatic nitrogens is 3. The van der Waals surface area contributed by atoms with Gasteiger partial charge in [0.25, 0.3) is 0 Å². The zero-order valence-corrected chi connectivity index (χ0v) is 18.6. The fourth-order valence-corrected chi connectivity index (χ4v) is 3.82. The van der Waals surface area contributed by atoms with Gasteiger partial charge < -0.3 is 19.5 Å². The molecule has 0 saturated carbocycles. The lowest BCUT2D eigenvalue weighted by Gasteiger charge is -2.34. The molecule has 0 atom stereocenters. The summed E-state index contributed by atoms with van der Waals surface area (Å²) in [6.07, 6.45) is 3.21. The summed E-state index contributed by atoms with van der Waals surface area (Å²) < 4.78 is 20.4. The quantitative estimate of drug-likeness (QED) is 0.477. The molecule has 1 aliphatic heterocycles. The highest BCUT2D eigenvalue weighted by Gasteiger charge is 2.17. The number of nitrogens with zero attached hydrogens (tertiary/aromatic N) is 5. The van der Waals surface area contributed by atoms with Crippen LogP contribution in [0.2, 0.25) is 0 Å². The number of rotatable bonds is 5. The molecule has 0 unspecified atom stereocenters. The smallest absolute Gasteiger partial charge is 0.226 e. The van der Waals surface area contributed by atoms with Gasteiger partial charge in [-0.05, 0) is 68.1 Å². The number of hydrogen-bond donors (Lipinski definition) is 1. The number of halogens is 1. The SMILES string of the molecule is Cc1ccnc(Nc2ccc(F)c(-c3cnc(-c4ccc(N5CCN(C)CC5)cc4)o3)n2)c1. The molecule has 1 N–H and O–H groups in total. The number of pyridine rings is 2. The average molecular weight is 445 g/mol. The first-order valence-electron chi connectivity index (χ1n) is 10.9. The van der Waals surface area contributed by atoms with Gasteiger partial charge in [0, 0.05) is 43.6 Å². The summed E-state index contributed by atoms with van der Waals surface area (Å²) in [4.78, 5) is 17.7. The van der Waals surface area contributed by atoms with E-state index in [9.17, 15) is 4.39 Å². The summed E-state index contributed by atoms with van der Waals surface area (Å²) in [5, 5.41) is 3.10. The van der Waals surface area contributed by atoms with Crippen molar-refractivity contribution in [3.05, 3.63) is 72.3 Å². The number of benzene rings is 1. The van der Waals surface area contributed by atoms with Crippen molar-refractivity contribution in [1.82, 2.24) is 19.9 Å². The molecular weight excluding hydrogens is 419 g/mol. The highest BCUT2D eigenvalue weighted by molar-refractivity contribution is 5.64. The van der Waals surface area contributed by atoms with Crippen molar-refractivity contribution >= 4 is 17.3 Å². The van der Waals surface area contributed by atoms with E-state index in [2.05, 4.69) is 49.2 Å². The molecule has 168 valence electrons. The lowest BCUT2D eigenvalue weighted by Crippen LogP contribution is -2.44. The highest BCUT2D eigenvalue weighted by Crippen LogP contribution is 2.29. The van der Waals surface area contributed by atoms with Crippen LogP contribution in [0.4, 0.5) is 21.7 Å². The van der Waals surface area contributed by atoms with Gasteiger partial charge in [-0.2, -0.15) is 0 Å². The van der Waals surface area contributed by atoms with Gasteiger partial charge in [0.1, 0.15) is 17.3 Å². The van der Waals surface area contributed by atoms with E-state index in [0.717, 1.165) is 37.3 Å². The van der Waals surface area contributed by atoms with Crippen LogP contribution in [0.5, 0.6) is 0 Å². The van der Waals surface area contributed by atoms with Gasteiger partial charge >= 0.3 is 0 Å². The van der Waals surface area contributed by atoms with E-state index in [4.69, 9.17) is 4.42 Å². The Hall–Kier alpha value is -3.78. The molecule has 1 saturated heterocycles. The molecule has 7 nitrogen and oxygen atoms in total. The van der Waals surface area contributed by atoms with Crippen molar-refractivity contribution in [2.24, 2.45) is 0 Å². The van der Waals surface area contributed by atoms with Gasteiger partial charge in [0.15, 0.2) is 11.6 Å². The number of anilines is 3. The molecule has 0 aliphatic carbocycles. The molecule has 3 aromatic heterocycles. The van der Waals surface area contributed by atoms with E-state index in [-0.39, 0.29) is 11.5 Å². The van der Waals surface area contributed by atoms with Crippen molar-refractivity contribution < 1.29 is 8.81 Å². The molecule has 0 bridgehead atoms. The third kappa shape index (κ3) is 4.70. The first kappa shape index (κ1) is 21.1. The molecule has 5 rings (SSSR count). The molecule has 4 heterocycles. The van der Waals surface area contributed by atoms with E-state index in [1.165, 1.54) is 18.0 Å². The molecule has 1 aliphatic rings. The zero-order valence-electron chi connectivity index (χ0n) is 18.6. The number of nitrogens with one attached hydrogen (secondary N) is 1. The van der Waals surface area contributed by atoms with Gasteiger partial charge in [-0.1, -0.05) is 0 Å². The lowest BCUT2D eigenvalue weighted by molar-refractivity contribution is 0.313. The second-order valence-electron chi connectivity index (χ2n) is 8.24. The van der Waals surface area contributed by atoms with Gasteiger partial charge in [-0.3, -0.25) is 0 Å². The van der Waals surface area contributed by atoms with Crippen LogP contribution in [0.15, 0.2) is 65.3 Å². The largest absolute Gasteiger partial charge is 0.434 e. The Labute approximate surface area is 191 Å². The number of oxazole rings is 1. The van der Waals surface area contributed by atoms with Crippen LogP contribution >= 0.6 is 0 Å². The summed E-state index contributed by atoms with van der Waals surface area (Å²) in [7, 11) is 2.14. The van der Waals surface area contributed by atoms with E-state index in [1.807, 2.05) is 31.2 Å². The van der Waals surface area contributed by atoms with E-state index < -0.39 is 5.82 Å². The summed E-state index contributed by atoms with van der Waals surface area (Å²) >= 11 is 0. The Bertz CT molecular complexity index is 1250. The fraction of sp³-hybridized carbons (Fsp3) is 0.240. The Balaban J connectivity index is 1.35.